The third-order valence-corrected chi connectivity index (χ3v) is 5.87. The van der Waals surface area contributed by atoms with Gasteiger partial charge in [0.05, 0.1) is 4.90 Å². The van der Waals surface area contributed by atoms with Gasteiger partial charge in [-0.2, -0.15) is 0 Å². The molecule has 0 fully saturated rings. The van der Waals surface area contributed by atoms with Gasteiger partial charge in [-0.25, -0.2) is 8.42 Å². The summed E-state index contributed by atoms with van der Waals surface area (Å²) in [5.41, 5.74) is 2.11. The molecule has 2 aromatic carbocycles. The van der Waals surface area contributed by atoms with Gasteiger partial charge in [-0.15, -0.1) is 0 Å². The van der Waals surface area contributed by atoms with Gasteiger partial charge in [-0.05, 0) is 53.6 Å². The van der Waals surface area contributed by atoms with Crippen LogP contribution in [-0.2, 0) is 23.0 Å². The Kier molecular flexibility index (Phi) is 11.9. The minimum atomic E-state index is -4.48. The molecular weight excluding hydrogens is 383 g/mol. The van der Waals surface area contributed by atoms with Gasteiger partial charge in [-0.1, -0.05) is 76.6 Å². The minimum Gasteiger partial charge on any atom is -0.744 e. The Labute approximate surface area is 207 Å². The number of hydrogen-bond donors (Lipinski definition) is 0. The van der Waals surface area contributed by atoms with Crippen molar-refractivity contribution in [3.63, 3.8) is 0 Å². The van der Waals surface area contributed by atoms with Crippen LogP contribution in [0.5, 0.6) is 0 Å². The summed E-state index contributed by atoms with van der Waals surface area (Å²) in [7, 11) is -4.48. The van der Waals surface area contributed by atoms with Crippen LogP contribution in [0.15, 0.2) is 35.2 Å². The van der Waals surface area contributed by atoms with Gasteiger partial charge >= 0.3 is 51.4 Å². The van der Waals surface area contributed by atoms with Crippen LogP contribution in [0.25, 0.3) is 10.8 Å². The molecule has 0 saturated heterocycles. The van der Waals surface area contributed by atoms with E-state index in [1.807, 2.05) is 6.07 Å². The average Bonchev–Trinajstić information content (AvgIpc) is 2.61. The number of rotatable bonds is 11. The van der Waals surface area contributed by atoms with E-state index in [2.05, 4.69) is 26.0 Å². The summed E-state index contributed by atoms with van der Waals surface area (Å²) in [5.74, 6) is 0. The molecule has 144 valence electrons. The fraction of sp³-hybridized carbons (Fsp3) is 0.545. The van der Waals surface area contributed by atoms with Gasteiger partial charge in [0.1, 0.15) is 10.1 Å². The first-order valence-electron chi connectivity index (χ1n) is 9.97. The van der Waals surface area contributed by atoms with Crippen molar-refractivity contribution >= 4 is 20.9 Å². The van der Waals surface area contributed by atoms with Crippen LogP contribution >= 0.6 is 0 Å². The van der Waals surface area contributed by atoms with Gasteiger partial charge < -0.3 is 4.55 Å². The molecule has 0 aliphatic rings. The Hall–Kier alpha value is 0.246. The van der Waals surface area contributed by atoms with Gasteiger partial charge in [0.2, 0.25) is 0 Å². The van der Waals surface area contributed by atoms with Crippen molar-refractivity contribution in [1.82, 2.24) is 0 Å². The van der Waals surface area contributed by atoms with E-state index in [1.165, 1.54) is 32.1 Å². The number of hydrogen-bond acceptors (Lipinski definition) is 3. The molecule has 5 heteroatoms. The number of fused-ring (bicyclic) bond motifs is 1. The van der Waals surface area contributed by atoms with Crippen LogP contribution in [0, 0.1) is 0 Å². The Balaban J connectivity index is 0.00000364. The van der Waals surface area contributed by atoms with E-state index in [1.54, 1.807) is 12.1 Å². The first-order chi connectivity index (χ1) is 12.5. The molecule has 27 heavy (non-hydrogen) atoms. The quantitative estimate of drug-likeness (QED) is 0.323. The second-order valence-electron chi connectivity index (χ2n) is 7.18. The number of aryl methyl sites for hydroxylation is 2. The summed E-state index contributed by atoms with van der Waals surface area (Å²) >= 11 is 0. The largest absolute Gasteiger partial charge is 1.00 e. The molecule has 0 radical (unpaired) electrons. The average molecular weight is 415 g/mol. The van der Waals surface area contributed by atoms with E-state index in [9.17, 15) is 13.0 Å². The van der Waals surface area contributed by atoms with E-state index < -0.39 is 10.1 Å². The number of benzene rings is 2. The summed E-state index contributed by atoms with van der Waals surface area (Å²) in [6.45, 7) is 4.36. The molecule has 0 N–H and O–H groups in total. The normalized spacial score (nSPS) is 11.5. The third kappa shape index (κ3) is 7.88. The maximum absolute atomic E-state index is 11.8. The molecule has 0 unspecified atom stereocenters. The Morgan fingerprint density at radius 2 is 1.44 bits per heavy atom. The van der Waals surface area contributed by atoms with E-state index in [0.717, 1.165) is 48.6 Å². The standard InChI is InChI=1S/C22H32O3S.K/c1-3-5-7-9-12-18-16-21-19(13-10-8-6-4-2)14-11-15-20(21)22(17-18)26(23,24)25;/h11,14-17H,3-10,12-13H2,1-2H3,(H,23,24,25);/q;+1/p-1. The van der Waals surface area contributed by atoms with Crippen LogP contribution in [0.1, 0.15) is 76.3 Å². The van der Waals surface area contributed by atoms with Crippen LogP contribution < -0.4 is 51.4 Å². The fourth-order valence-corrected chi connectivity index (χ4v) is 4.28. The molecule has 0 aliphatic heterocycles. The maximum Gasteiger partial charge on any atom is 1.00 e. The van der Waals surface area contributed by atoms with Crippen molar-refractivity contribution < 1.29 is 64.4 Å². The Morgan fingerprint density at radius 1 is 0.815 bits per heavy atom. The van der Waals surface area contributed by atoms with Gasteiger partial charge in [0.25, 0.3) is 0 Å². The molecule has 0 heterocycles. The Morgan fingerprint density at radius 3 is 2.04 bits per heavy atom. The van der Waals surface area contributed by atoms with Crippen molar-refractivity contribution in [3.05, 3.63) is 41.5 Å². The Bertz CT molecular complexity index is 816. The van der Waals surface area contributed by atoms with Crippen molar-refractivity contribution in [2.24, 2.45) is 0 Å². The second kappa shape index (κ2) is 12.7. The van der Waals surface area contributed by atoms with Crippen molar-refractivity contribution in [2.75, 3.05) is 0 Å². The molecule has 0 atom stereocenters. The van der Waals surface area contributed by atoms with Crippen LogP contribution in [0.3, 0.4) is 0 Å². The molecule has 3 nitrogen and oxygen atoms in total. The summed E-state index contributed by atoms with van der Waals surface area (Å²) in [5, 5.41) is 1.51. The van der Waals surface area contributed by atoms with E-state index in [-0.39, 0.29) is 56.3 Å². The third-order valence-electron chi connectivity index (χ3n) is 5.00. The predicted octanol–water partition coefficient (Wildman–Crippen LogP) is 2.99. The van der Waals surface area contributed by atoms with Crippen molar-refractivity contribution in [2.45, 2.75) is 83.0 Å². The molecule has 0 spiro atoms. The zero-order valence-electron chi connectivity index (χ0n) is 17.1. The topological polar surface area (TPSA) is 57.2 Å². The summed E-state index contributed by atoms with van der Waals surface area (Å²) in [6, 6.07) is 9.39. The summed E-state index contributed by atoms with van der Waals surface area (Å²) in [4.78, 5) is -0.0594. The first kappa shape index (κ1) is 25.3. The SMILES string of the molecule is CCCCCCc1cc(S(=O)(=O)[O-])c2cccc(CCCCCC)c2c1.[K+]. The molecule has 0 aliphatic carbocycles. The van der Waals surface area contributed by atoms with E-state index in [4.69, 9.17) is 0 Å². The smallest absolute Gasteiger partial charge is 0.744 e. The van der Waals surface area contributed by atoms with E-state index in [0.29, 0.717) is 5.39 Å². The van der Waals surface area contributed by atoms with E-state index >= 15 is 0 Å². The zero-order valence-corrected chi connectivity index (χ0v) is 21.0. The summed E-state index contributed by atoms with van der Waals surface area (Å²) < 4.78 is 35.5. The maximum atomic E-state index is 11.8. The fourth-order valence-electron chi connectivity index (χ4n) is 3.54. The predicted molar refractivity (Wildman–Crippen MR) is 108 cm³/mol. The molecule has 0 saturated carbocycles. The van der Waals surface area contributed by atoms with Gasteiger partial charge in [0.15, 0.2) is 0 Å². The van der Waals surface area contributed by atoms with Crippen LogP contribution in [-0.4, -0.2) is 13.0 Å². The van der Waals surface area contributed by atoms with Gasteiger partial charge in [0, 0.05) is 0 Å². The summed E-state index contributed by atoms with van der Waals surface area (Å²) in [6.07, 6.45) is 10.9. The second-order valence-corrected chi connectivity index (χ2v) is 8.53. The van der Waals surface area contributed by atoms with Gasteiger partial charge in [-0.3, -0.25) is 0 Å². The molecule has 2 aromatic rings. The minimum absolute atomic E-state index is 0. The number of unbranched alkanes of at least 4 members (excludes halogenated alkanes) is 6. The zero-order chi connectivity index (χ0) is 19.0. The monoisotopic (exact) mass is 414 g/mol. The van der Waals surface area contributed by atoms with Crippen LogP contribution in [0.2, 0.25) is 0 Å². The molecular formula is C22H31KO3S. The molecule has 0 bridgehead atoms. The van der Waals surface area contributed by atoms with Crippen LogP contribution in [0.4, 0.5) is 0 Å². The van der Waals surface area contributed by atoms with Crippen molar-refractivity contribution in [3.8, 4) is 0 Å². The molecule has 0 aromatic heterocycles. The van der Waals surface area contributed by atoms with Crippen molar-refractivity contribution in [1.29, 1.82) is 0 Å². The first-order valence-corrected chi connectivity index (χ1v) is 11.4. The molecule has 0 amide bonds. The molecule has 2 rings (SSSR count).